The van der Waals surface area contributed by atoms with Gasteiger partial charge < -0.3 is 15.2 Å². The van der Waals surface area contributed by atoms with E-state index in [1.807, 2.05) is 19.1 Å². The number of amides is 1. The van der Waals surface area contributed by atoms with Crippen LogP contribution in [0.15, 0.2) is 18.2 Å². The summed E-state index contributed by atoms with van der Waals surface area (Å²) in [5.41, 5.74) is 1.81. The van der Waals surface area contributed by atoms with E-state index in [0.29, 0.717) is 6.61 Å². The first-order valence-corrected chi connectivity index (χ1v) is 4.89. The zero-order chi connectivity index (χ0) is 10.8. The number of cyclic esters (lactones) is 1. The van der Waals surface area contributed by atoms with Crippen molar-refractivity contribution in [2.45, 2.75) is 19.4 Å². The van der Waals surface area contributed by atoms with Crippen LogP contribution in [0.25, 0.3) is 0 Å². The Hall–Kier alpha value is -1.71. The van der Waals surface area contributed by atoms with Gasteiger partial charge in [-0.1, -0.05) is 12.1 Å². The number of phenols is 1. The lowest BCUT2D eigenvalue weighted by atomic mass is 10.0. The van der Waals surface area contributed by atoms with Gasteiger partial charge in [0.15, 0.2) is 0 Å². The number of aryl methyl sites for hydroxylation is 1. The van der Waals surface area contributed by atoms with Gasteiger partial charge in [0.25, 0.3) is 0 Å². The van der Waals surface area contributed by atoms with Crippen LogP contribution >= 0.6 is 0 Å². The van der Waals surface area contributed by atoms with E-state index >= 15 is 0 Å². The normalized spacial score (nSPS) is 20.6. The average Bonchev–Trinajstić information content (AvgIpc) is 2.22. The number of carbonyl (C=O) groups is 1. The van der Waals surface area contributed by atoms with Crippen LogP contribution in [-0.4, -0.2) is 17.8 Å². The number of carbonyl (C=O) groups excluding carboxylic acids is 1. The van der Waals surface area contributed by atoms with Crippen molar-refractivity contribution >= 4 is 6.09 Å². The summed E-state index contributed by atoms with van der Waals surface area (Å²) in [6, 6.07) is 5.33. The predicted molar refractivity (Wildman–Crippen MR) is 54.7 cm³/mol. The molecular weight excluding hydrogens is 194 g/mol. The van der Waals surface area contributed by atoms with Crippen LogP contribution in [0.5, 0.6) is 5.75 Å². The van der Waals surface area contributed by atoms with Crippen LogP contribution in [0.3, 0.4) is 0 Å². The number of aromatic hydroxyl groups is 1. The summed E-state index contributed by atoms with van der Waals surface area (Å²) < 4.78 is 4.78. The third-order valence-electron chi connectivity index (χ3n) is 2.55. The minimum absolute atomic E-state index is 0.00875. The highest BCUT2D eigenvalue weighted by Gasteiger charge is 2.20. The van der Waals surface area contributed by atoms with Crippen LogP contribution in [0.1, 0.15) is 23.6 Å². The first kappa shape index (κ1) is 9.83. The fraction of sp³-hybridized carbons (Fsp3) is 0.364. The van der Waals surface area contributed by atoms with Crippen molar-refractivity contribution in [1.82, 2.24) is 5.32 Å². The van der Waals surface area contributed by atoms with E-state index in [2.05, 4.69) is 5.32 Å². The third-order valence-corrected chi connectivity index (χ3v) is 2.55. The molecule has 0 radical (unpaired) electrons. The molecule has 1 aromatic rings. The summed E-state index contributed by atoms with van der Waals surface area (Å²) in [6.45, 7) is 2.27. The van der Waals surface area contributed by atoms with Crippen molar-refractivity contribution in [2.75, 3.05) is 6.61 Å². The Morgan fingerprint density at radius 2 is 2.33 bits per heavy atom. The Kier molecular flexibility index (Phi) is 2.49. The van der Waals surface area contributed by atoms with Crippen molar-refractivity contribution in [2.24, 2.45) is 0 Å². The van der Waals surface area contributed by atoms with Crippen LogP contribution in [0.4, 0.5) is 4.79 Å². The maximum Gasteiger partial charge on any atom is 0.407 e. The Bertz CT molecular complexity index is 389. The summed E-state index contributed by atoms with van der Waals surface area (Å²) in [5.74, 6) is 0.275. The smallest absolute Gasteiger partial charge is 0.407 e. The standard InChI is InChI=1S/C11H13NO3/c1-7-6-8(2-3-10(7)13)9-4-5-15-11(14)12-9/h2-3,6,9,13H,4-5H2,1H3,(H,12,14)/t9-/m1/s1. The van der Waals surface area contributed by atoms with E-state index in [0.717, 1.165) is 17.5 Å². The first-order valence-electron chi connectivity index (χ1n) is 4.89. The number of phenolic OH excluding ortho intramolecular Hbond substituents is 1. The molecule has 15 heavy (non-hydrogen) atoms. The third kappa shape index (κ3) is 2.03. The summed E-state index contributed by atoms with van der Waals surface area (Å²) >= 11 is 0. The summed E-state index contributed by atoms with van der Waals surface area (Å²) in [7, 11) is 0. The number of hydrogen-bond acceptors (Lipinski definition) is 3. The van der Waals surface area contributed by atoms with Gasteiger partial charge in [-0.15, -0.1) is 0 Å². The molecule has 4 nitrogen and oxygen atoms in total. The fourth-order valence-corrected chi connectivity index (χ4v) is 1.67. The van der Waals surface area contributed by atoms with Crippen LogP contribution in [-0.2, 0) is 4.74 Å². The Morgan fingerprint density at radius 3 is 3.00 bits per heavy atom. The minimum atomic E-state index is -0.378. The lowest BCUT2D eigenvalue weighted by Crippen LogP contribution is -2.35. The van der Waals surface area contributed by atoms with Gasteiger partial charge in [0.2, 0.25) is 0 Å². The van der Waals surface area contributed by atoms with Gasteiger partial charge in [-0.05, 0) is 24.1 Å². The lowest BCUT2D eigenvalue weighted by molar-refractivity contribution is 0.115. The molecule has 0 aromatic heterocycles. The van der Waals surface area contributed by atoms with Gasteiger partial charge >= 0.3 is 6.09 Å². The molecule has 1 aliphatic heterocycles. The molecule has 1 aliphatic rings. The minimum Gasteiger partial charge on any atom is -0.508 e. The maximum atomic E-state index is 11.0. The monoisotopic (exact) mass is 207 g/mol. The van der Waals surface area contributed by atoms with Gasteiger partial charge in [0.05, 0.1) is 12.6 Å². The summed E-state index contributed by atoms with van der Waals surface area (Å²) in [6.07, 6.45) is 0.382. The Balaban J connectivity index is 2.21. The maximum absolute atomic E-state index is 11.0. The van der Waals surface area contributed by atoms with Gasteiger partial charge in [0, 0.05) is 6.42 Å². The molecule has 1 aromatic carbocycles. The van der Waals surface area contributed by atoms with Gasteiger partial charge in [-0.2, -0.15) is 0 Å². The molecule has 1 fully saturated rings. The Labute approximate surface area is 87.9 Å². The van der Waals surface area contributed by atoms with Gasteiger partial charge in [-0.25, -0.2) is 4.79 Å². The molecule has 0 aliphatic carbocycles. The highest BCUT2D eigenvalue weighted by molar-refractivity contribution is 5.68. The molecule has 80 valence electrons. The fourth-order valence-electron chi connectivity index (χ4n) is 1.67. The predicted octanol–water partition coefficient (Wildman–Crippen LogP) is 1.87. The van der Waals surface area contributed by atoms with E-state index in [-0.39, 0.29) is 17.9 Å². The van der Waals surface area contributed by atoms with Crippen molar-refractivity contribution in [3.05, 3.63) is 29.3 Å². The SMILES string of the molecule is Cc1cc([C@H]2CCOC(=O)N2)ccc1O. The van der Waals surface area contributed by atoms with E-state index < -0.39 is 0 Å². The van der Waals surface area contributed by atoms with Crippen molar-refractivity contribution in [3.63, 3.8) is 0 Å². The second-order valence-electron chi connectivity index (χ2n) is 3.67. The highest BCUT2D eigenvalue weighted by Crippen LogP contribution is 2.24. The van der Waals surface area contributed by atoms with Gasteiger partial charge in [0.1, 0.15) is 5.75 Å². The van der Waals surface area contributed by atoms with Crippen molar-refractivity contribution < 1.29 is 14.6 Å². The largest absolute Gasteiger partial charge is 0.508 e. The summed E-state index contributed by atoms with van der Waals surface area (Å²) in [5, 5.41) is 12.1. The molecule has 2 rings (SSSR count). The van der Waals surface area contributed by atoms with E-state index in [4.69, 9.17) is 4.74 Å². The number of hydrogen-bond donors (Lipinski definition) is 2. The average molecular weight is 207 g/mol. The van der Waals surface area contributed by atoms with E-state index in [1.54, 1.807) is 6.07 Å². The molecule has 1 heterocycles. The molecule has 0 spiro atoms. The molecule has 1 atom stereocenters. The van der Waals surface area contributed by atoms with Crippen molar-refractivity contribution in [1.29, 1.82) is 0 Å². The molecule has 2 N–H and O–H groups in total. The highest BCUT2D eigenvalue weighted by atomic mass is 16.5. The number of ether oxygens (including phenoxy) is 1. The van der Waals surface area contributed by atoms with E-state index in [9.17, 15) is 9.90 Å². The molecule has 0 bridgehead atoms. The number of alkyl carbamates (subject to hydrolysis) is 1. The summed E-state index contributed by atoms with van der Waals surface area (Å²) in [4.78, 5) is 11.0. The molecule has 1 saturated heterocycles. The topological polar surface area (TPSA) is 58.6 Å². The van der Waals surface area contributed by atoms with Crippen LogP contribution < -0.4 is 5.32 Å². The van der Waals surface area contributed by atoms with Crippen LogP contribution in [0.2, 0.25) is 0 Å². The van der Waals surface area contributed by atoms with Crippen molar-refractivity contribution in [3.8, 4) is 5.75 Å². The number of nitrogens with one attached hydrogen (secondary N) is 1. The van der Waals surface area contributed by atoms with E-state index in [1.165, 1.54) is 0 Å². The zero-order valence-corrected chi connectivity index (χ0v) is 8.49. The number of rotatable bonds is 1. The molecule has 0 saturated carbocycles. The quantitative estimate of drug-likeness (QED) is 0.739. The zero-order valence-electron chi connectivity index (χ0n) is 8.49. The Morgan fingerprint density at radius 1 is 1.53 bits per heavy atom. The lowest BCUT2D eigenvalue weighted by Gasteiger charge is -2.24. The molecule has 0 unspecified atom stereocenters. The molecule has 1 amide bonds. The molecular formula is C11H13NO3. The first-order chi connectivity index (χ1) is 7.16. The van der Waals surface area contributed by atoms with Crippen LogP contribution in [0, 0.1) is 6.92 Å². The second-order valence-corrected chi connectivity index (χ2v) is 3.67. The number of benzene rings is 1. The molecule has 4 heteroatoms. The van der Waals surface area contributed by atoms with Gasteiger partial charge in [-0.3, -0.25) is 0 Å². The second kappa shape index (κ2) is 3.81.